The second-order valence-corrected chi connectivity index (χ2v) is 1.08. The highest BCUT2D eigenvalue weighted by molar-refractivity contribution is 7.93. The summed E-state index contributed by atoms with van der Waals surface area (Å²) in [5.74, 6) is 0. The Balaban J connectivity index is -0.0000000105. The molecule has 0 saturated heterocycles. The van der Waals surface area contributed by atoms with Crippen molar-refractivity contribution in [2.24, 2.45) is 0 Å². The van der Waals surface area contributed by atoms with Gasteiger partial charge in [0.15, 0.2) is 0 Å². The third-order valence-corrected chi connectivity index (χ3v) is 0. The summed E-state index contributed by atoms with van der Waals surface area (Å²) in [6.07, 6.45) is 1.94. The molecule has 0 spiro atoms. The van der Waals surface area contributed by atoms with E-state index in [9.17, 15) is 0 Å². The predicted molar refractivity (Wildman–Crippen MR) is 78.0 cm³/mol. The number of hydrogen-bond donors (Lipinski definition) is 1. The second kappa shape index (κ2) is 270. The zero-order valence-corrected chi connectivity index (χ0v) is 12.5. The first-order valence-electron chi connectivity index (χ1n) is 1.93. The number of rotatable bonds is 0. The second-order valence-electron chi connectivity index (χ2n) is 0.250. The first-order chi connectivity index (χ1) is 6.24. The fourth-order valence-electron chi connectivity index (χ4n) is 0. The molecule has 0 aliphatic rings. The zero-order valence-electron chi connectivity index (χ0n) is 7.33. The lowest BCUT2D eigenvalue weighted by molar-refractivity contribution is -0.191. The molecule has 10 heteroatoms. The number of thiocarbonyl (C=S) groups is 3. The summed E-state index contributed by atoms with van der Waals surface area (Å²) < 4.78 is 1.92. The molecule has 0 amide bonds. The molecule has 86 valence electrons. The van der Waals surface area contributed by atoms with E-state index < -0.39 is 0 Å². The van der Waals surface area contributed by atoms with Crippen molar-refractivity contribution in [3.63, 3.8) is 0 Å². The fourth-order valence-corrected chi connectivity index (χ4v) is 0. The lowest BCUT2D eigenvalue weighted by Crippen LogP contribution is -1.22. The minimum Gasteiger partial charge on any atom is -0.220 e. The van der Waals surface area contributed by atoms with Crippen LogP contribution in [0.15, 0.2) is 0 Å². The van der Waals surface area contributed by atoms with Gasteiger partial charge >= 0.3 is 6.15 Å². The molecule has 4 nitrogen and oxygen atoms in total. The summed E-state index contributed by atoms with van der Waals surface area (Å²) in [6, 6.07) is 0. The number of thiol groups is 1. The molecule has 0 aliphatic carbocycles. The molecule has 0 N–H and O–H groups in total. The highest BCUT2D eigenvalue weighted by atomic mass is 32.1. The van der Waals surface area contributed by atoms with Crippen LogP contribution in [0.1, 0.15) is 0 Å². The highest BCUT2D eigenvalue weighted by Crippen LogP contribution is 1.31. The van der Waals surface area contributed by atoms with Crippen LogP contribution >= 0.6 is 76.3 Å². The average molecular weight is 322 g/mol. The molecular weight excluding hydrogens is 314 g/mol. The molecule has 0 fully saturated rings. The van der Waals surface area contributed by atoms with Gasteiger partial charge in [0.2, 0.25) is 5.23 Å². The van der Waals surface area contributed by atoms with Crippen LogP contribution in [-0.4, -0.2) is 22.0 Å². The molecule has 0 bridgehead atoms. The van der Waals surface area contributed by atoms with E-state index in [4.69, 9.17) is 19.6 Å². The van der Waals surface area contributed by atoms with Crippen LogP contribution in [0.5, 0.6) is 0 Å². The average Bonchev–Trinajstić information content (AvgIpc) is 2.14. The minimum atomic E-state index is 0. The van der Waals surface area contributed by atoms with E-state index in [1.807, 2.05) is 4.31 Å². The van der Waals surface area contributed by atoms with Gasteiger partial charge in [-0.15, -0.1) is 0 Å². The summed E-state index contributed by atoms with van der Waals surface area (Å²) in [5, 5.41) is 7.58. The summed E-state index contributed by atoms with van der Waals surface area (Å²) in [6.45, 7) is 3.50. The molecule has 0 rings (SSSR count). The van der Waals surface area contributed by atoms with Gasteiger partial charge in [0.05, 0.1) is 0 Å². The van der Waals surface area contributed by atoms with Gasteiger partial charge in [-0.05, 0) is 30.7 Å². The Morgan fingerprint density at radius 3 is 1.07 bits per heavy atom. The van der Waals surface area contributed by atoms with E-state index in [2.05, 4.69) is 55.9 Å². The van der Waals surface area contributed by atoms with Crippen LogP contribution in [0.3, 0.4) is 0 Å². The van der Waals surface area contributed by atoms with E-state index in [1.165, 1.54) is 0 Å². The Kier molecular flexibility index (Phi) is 829. The molecule has 2 radical (unpaired) electrons. The molecule has 0 aliphatic heterocycles. The first-order valence-corrected chi connectivity index (χ1v) is 4.05. The third-order valence-electron chi connectivity index (χ3n) is 0. The number of nitriles is 1. The Labute approximate surface area is 124 Å². The van der Waals surface area contributed by atoms with Crippen molar-refractivity contribution in [3.8, 4) is 6.57 Å². The van der Waals surface area contributed by atoms with E-state index in [-0.39, 0.29) is 33.1 Å². The number of carbonyl (C=O) groups excluding carboxylic acids is 3. The van der Waals surface area contributed by atoms with Crippen LogP contribution in [-0.2, 0) is 14.4 Å². The normalized spacial score (nSPS) is 2.13. The Bertz CT molecular complexity index is 148. The zero-order chi connectivity index (χ0) is 12.1. The van der Waals surface area contributed by atoms with Crippen molar-refractivity contribution in [1.82, 2.24) is 0 Å². The molecule has 0 atom stereocenters. The van der Waals surface area contributed by atoms with Crippen molar-refractivity contribution >= 4 is 92.0 Å². The maximum absolute atomic E-state index is 8.50. The standard InChI is InChI=1S/CHN.CO2.COS.CS2.CH4S.H2S.S/c1-2;3*2-1-3;1-2;;/h1H;;;;2H,1H3;1H2;. The predicted octanol–water partition coefficient (Wildman–Crippen LogP) is 2.13. The molecule has 0 aromatic heterocycles. The van der Waals surface area contributed by atoms with Crippen LogP contribution in [0.4, 0.5) is 0 Å². The van der Waals surface area contributed by atoms with E-state index in [0.29, 0.717) is 0 Å². The van der Waals surface area contributed by atoms with E-state index in [1.54, 1.807) is 6.26 Å². The van der Waals surface area contributed by atoms with Crippen LogP contribution < -0.4 is 0 Å². The minimum absolute atomic E-state index is 0. The SMILES string of the molecule is C#N.CS.O=C=O.O=C=S.S.S=C=S.[S]. The largest absolute Gasteiger partial charge is 0.373 e. The van der Waals surface area contributed by atoms with E-state index in [0.717, 1.165) is 5.23 Å². The Morgan fingerprint density at radius 2 is 1.07 bits per heavy atom. The summed E-state index contributed by atoms with van der Waals surface area (Å²) in [7, 11) is 0. The molecule has 0 aromatic rings. The van der Waals surface area contributed by atoms with Gasteiger partial charge in [-0.1, -0.05) is 0 Å². The van der Waals surface area contributed by atoms with Gasteiger partial charge < -0.3 is 0 Å². The van der Waals surface area contributed by atoms with Gasteiger partial charge in [0.1, 0.15) is 0 Å². The van der Waals surface area contributed by atoms with Crippen molar-refractivity contribution < 1.29 is 14.4 Å². The van der Waals surface area contributed by atoms with Gasteiger partial charge in [-0.3, -0.25) is 0 Å². The monoisotopic (exact) mass is 321 g/mol. The lowest BCUT2D eigenvalue weighted by Gasteiger charge is -1.11. The smallest absolute Gasteiger partial charge is 0.220 e. The lowest BCUT2D eigenvalue weighted by atomic mass is 11.8. The Morgan fingerprint density at radius 1 is 1.07 bits per heavy atom. The van der Waals surface area contributed by atoms with Gasteiger partial charge in [-0.2, -0.15) is 35.7 Å². The first kappa shape index (κ1) is 46.1. The van der Waals surface area contributed by atoms with Crippen molar-refractivity contribution in [2.45, 2.75) is 0 Å². The van der Waals surface area contributed by atoms with Gasteiger partial charge in [0.25, 0.3) is 0 Å². The quantitative estimate of drug-likeness (QED) is 0.541. The fraction of sp³-hybridized carbons (Fsp3) is 0.200. The van der Waals surface area contributed by atoms with Crippen LogP contribution in [0.25, 0.3) is 0 Å². The molecule has 0 unspecified atom stereocenters. The molecule has 0 aromatic carbocycles. The van der Waals surface area contributed by atoms with Gasteiger partial charge in [-0.25, -0.2) is 10.1 Å². The third kappa shape index (κ3) is 552000. The van der Waals surface area contributed by atoms with Crippen molar-refractivity contribution in [1.29, 1.82) is 5.26 Å². The molecule has 0 heterocycles. The topological polar surface area (TPSA) is 75.0 Å². The molecule has 0 saturated carbocycles. The van der Waals surface area contributed by atoms with Gasteiger partial charge in [0, 0.05) is 36.6 Å². The summed E-state index contributed by atoms with van der Waals surface area (Å²) in [5.41, 5.74) is 0. The van der Waals surface area contributed by atoms with Crippen molar-refractivity contribution in [2.75, 3.05) is 6.26 Å². The molecular formula is C5H7NO3S6. The summed E-state index contributed by atoms with van der Waals surface area (Å²) >= 11 is 15.0. The van der Waals surface area contributed by atoms with E-state index >= 15 is 0 Å². The van der Waals surface area contributed by atoms with Crippen LogP contribution in [0.2, 0.25) is 0 Å². The van der Waals surface area contributed by atoms with Crippen molar-refractivity contribution in [3.05, 3.63) is 0 Å². The van der Waals surface area contributed by atoms with Crippen LogP contribution in [0, 0.1) is 11.8 Å². The maximum Gasteiger partial charge on any atom is 0.373 e. The molecule has 15 heavy (non-hydrogen) atoms. The maximum atomic E-state index is 8.50. The summed E-state index contributed by atoms with van der Waals surface area (Å²) in [4.78, 5) is 24.7. The highest BCUT2D eigenvalue weighted by Gasteiger charge is 1.13. The number of hydrogen-bond acceptors (Lipinski definition) is 8. The number of nitrogens with zero attached hydrogens (tertiary/aromatic N) is 1. The Hall–Kier alpha value is -0.0600.